The lowest BCUT2D eigenvalue weighted by atomic mass is 10.3. The van der Waals surface area contributed by atoms with Gasteiger partial charge in [-0.05, 0) is 31.2 Å². The number of nitrogens with two attached hydrogens (primary N) is 1. The molecular weight excluding hydrogens is 188 g/mol. The monoisotopic (exact) mass is 202 g/mol. The van der Waals surface area contributed by atoms with Crippen molar-refractivity contribution in [3.63, 3.8) is 0 Å². The van der Waals surface area contributed by atoms with E-state index < -0.39 is 0 Å². The number of nitrogen functional groups attached to an aromatic ring is 1. The topological polar surface area (TPSA) is 55.9 Å². The molecule has 0 radical (unpaired) electrons. The maximum absolute atomic E-state index is 5.61. The van der Waals surface area contributed by atoms with Crippen LogP contribution >= 0.6 is 0 Å². The summed E-state index contributed by atoms with van der Waals surface area (Å²) in [5, 5.41) is 3.23. The molecule has 0 aliphatic heterocycles. The summed E-state index contributed by atoms with van der Waals surface area (Å²) >= 11 is 0. The minimum absolute atomic E-state index is 0.763. The molecule has 78 valence electrons. The van der Waals surface area contributed by atoms with Crippen molar-refractivity contribution in [1.29, 1.82) is 0 Å². The average molecular weight is 202 g/mol. The fourth-order valence-corrected chi connectivity index (χ4v) is 1.38. The predicted molar refractivity (Wildman–Crippen MR) is 62.0 cm³/mol. The van der Waals surface area contributed by atoms with Crippen molar-refractivity contribution in [2.45, 2.75) is 13.5 Å². The number of aromatic nitrogens is 2. The largest absolute Gasteiger partial charge is 0.399 e. The van der Waals surface area contributed by atoms with Gasteiger partial charge in [0.1, 0.15) is 0 Å². The fourth-order valence-electron chi connectivity index (χ4n) is 1.38. The second kappa shape index (κ2) is 4.04. The Hall–Kier alpha value is -1.97. The average Bonchev–Trinajstić information content (AvgIpc) is 2.69. The minimum atomic E-state index is 0.763. The summed E-state index contributed by atoms with van der Waals surface area (Å²) < 4.78 is 2.04. The highest BCUT2D eigenvalue weighted by Crippen LogP contribution is 2.16. The number of imidazole rings is 1. The van der Waals surface area contributed by atoms with Crippen molar-refractivity contribution < 1.29 is 0 Å². The maximum atomic E-state index is 5.61. The van der Waals surface area contributed by atoms with Crippen LogP contribution in [0.5, 0.6) is 0 Å². The molecule has 0 amide bonds. The van der Waals surface area contributed by atoms with Crippen molar-refractivity contribution in [3.05, 3.63) is 36.7 Å². The molecule has 2 aromatic rings. The number of benzene rings is 1. The molecule has 0 saturated heterocycles. The second-order valence-electron chi connectivity index (χ2n) is 3.28. The summed E-state index contributed by atoms with van der Waals surface area (Å²) in [7, 11) is 0. The molecule has 4 heteroatoms. The van der Waals surface area contributed by atoms with Gasteiger partial charge in [0, 0.05) is 30.3 Å². The van der Waals surface area contributed by atoms with Crippen LogP contribution in [0, 0.1) is 0 Å². The van der Waals surface area contributed by atoms with Gasteiger partial charge in [-0.2, -0.15) is 0 Å². The maximum Gasteiger partial charge on any atom is 0.207 e. The SMILES string of the molecule is CCn1ccnc1Nc1ccc(N)cc1. The normalized spacial score (nSPS) is 10.2. The van der Waals surface area contributed by atoms with Crippen molar-refractivity contribution in [3.8, 4) is 0 Å². The first-order valence-electron chi connectivity index (χ1n) is 4.93. The first-order valence-corrected chi connectivity index (χ1v) is 4.93. The molecule has 0 aliphatic rings. The summed E-state index contributed by atoms with van der Waals surface area (Å²) in [6.45, 7) is 2.98. The van der Waals surface area contributed by atoms with Crippen molar-refractivity contribution >= 4 is 17.3 Å². The molecule has 0 aliphatic carbocycles. The molecule has 4 nitrogen and oxygen atoms in total. The highest BCUT2D eigenvalue weighted by Gasteiger charge is 2.00. The summed E-state index contributed by atoms with van der Waals surface area (Å²) in [5.41, 5.74) is 7.36. The third kappa shape index (κ3) is 2.10. The van der Waals surface area contributed by atoms with E-state index >= 15 is 0 Å². The zero-order chi connectivity index (χ0) is 10.7. The lowest BCUT2D eigenvalue weighted by molar-refractivity contribution is 0.772. The molecule has 1 aromatic heterocycles. The highest BCUT2D eigenvalue weighted by molar-refractivity contribution is 5.57. The minimum Gasteiger partial charge on any atom is -0.399 e. The zero-order valence-electron chi connectivity index (χ0n) is 8.64. The Morgan fingerprint density at radius 2 is 2.07 bits per heavy atom. The van der Waals surface area contributed by atoms with E-state index in [0.29, 0.717) is 0 Å². The number of rotatable bonds is 3. The fraction of sp³-hybridized carbons (Fsp3) is 0.182. The van der Waals surface area contributed by atoms with Crippen molar-refractivity contribution in [1.82, 2.24) is 9.55 Å². The number of aryl methyl sites for hydroxylation is 1. The lowest BCUT2D eigenvalue weighted by Crippen LogP contribution is -2.01. The van der Waals surface area contributed by atoms with E-state index in [4.69, 9.17) is 5.73 Å². The van der Waals surface area contributed by atoms with Crippen LogP contribution in [0.2, 0.25) is 0 Å². The third-order valence-electron chi connectivity index (χ3n) is 2.22. The van der Waals surface area contributed by atoms with Gasteiger partial charge in [0.05, 0.1) is 0 Å². The quantitative estimate of drug-likeness (QED) is 0.750. The van der Waals surface area contributed by atoms with Crippen molar-refractivity contribution in [2.75, 3.05) is 11.1 Å². The van der Waals surface area contributed by atoms with Crippen LogP contribution < -0.4 is 11.1 Å². The van der Waals surface area contributed by atoms with E-state index in [1.54, 1.807) is 6.20 Å². The number of hydrogen-bond donors (Lipinski definition) is 2. The summed E-state index contributed by atoms with van der Waals surface area (Å²) in [6.07, 6.45) is 3.72. The molecule has 0 spiro atoms. The zero-order valence-corrected chi connectivity index (χ0v) is 8.64. The van der Waals surface area contributed by atoms with Gasteiger partial charge in [-0.3, -0.25) is 0 Å². The van der Waals surface area contributed by atoms with E-state index in [1.807, 2.05) is 35.0 Å². The summed E-state index contributed by atoms with van der Waals surface area (Å²) in [4.78, 5) is 4.23. The number of nitrogens with one attached hydrogen (secondary N) is 1. The first-order chi connectivity index (χ1) is 7.29. The Balaban J connectivity index is 2.18. The predicted octanol–water partition coefficient (Wildman–Crippen LogP) is 2.23. The molecule has 2 rings (SSSR count). The second-order valence-corrected chi connectivity index (χ2v) is 3.28. The van der Waals surface area contributed by atoms with Gasteiger partial charge in [0.2, 0.25) is 5.95 Å². The molecule has 0 unspecified atom stereocenters. The van der Waals surface area contributed by atoms with Gasteiger partial charge < -0.3 is 15.6 Å². The number of nitrogens with zero attached hydrogens (tertiary/aromatic N) is 2. The van der Waals surface area contributed by atoms with E-state index in [0.717, 1.165) is 23.9 Å². The van der Waals surface area contributed by atoms with Crippen LogP contribution in [0.25, 0.3) is 0 Å². The Morgan fingerprint density at radius 1 is 1.33 bits per heavy atom. The van der Waals surface area contributed by atoms with Crippen LogP contribution in [0.3, 0.4) is 0 Å². The van der Waals surface area contributed by atoms with E-state index in [1.165, 1.54) is 0 Å². The third-order valence-corrected chi connectivity index (χ3v) is 2.22. The Bertz CT molecular complexity index is 430. The Kier molecular flexibility index (Phi) is 2.58. The molecule has 0 bridgehead atoms. The van der Waals surface area contributed by atoms with Gasteiger partial charge in [0.15, 0.2) is 0 Å². The van der Waals surface area contributed by atoms with Crippen LogP contribution in [-0.4, -0.2) is 9.55 Å². The molecule has 3 N–H and O–H groups in total. The number of hydrogen-bond acceptors (Lipinski definition) is 3. The summed E-state index contributed by atoms with van der Waals surface area (Å²) in [5.74, 6) is 0.849. The van der Waals surface area contributed by atoms with Gasteiger partial charge in [-0.25, -0.2) is 4.98 Å². The van der Waals surface area contributed by atoms with Gasteiger partial charge >= 0.3 is 0 Å². The Morgan fingerprint density at radius 3 is 2.73 bits per heavy atom. The number of anilines is 3. The van der Waals surface area contributed by atoms with Crippen LogP contribution in [0.15, 0.2) is 36.7 Å². The van der Waals surface area contributed by atoms with Gasteiger partial charge in [0.25, 0.3) is 0 Å². The molecule has 0 saturated carbocycles. The van der Waals surface area contributed by atoms with Crippen LogP contribution in [0.4, 0.5) is 17.3 Å². The molecule has 0 atom stereocenters. The molecule has 1 aromatic carbocycles. The van der Waals surface area contributed by atoms with Crippen LogP contribution in [-0.2, 0) is 6.54 Å². The van der Waals surface area contributed by atoms with Gasteiger partial charge in [-0.15, -0.1) is 0 Å². The smallest absolute Gasteiger partial charge is 0.207 e. The van der Waals surface area contributed by atoms with E-state index in [-0.39, 0.29) is 0 Å². The van der Waals surface area contributed by atoms with Gasteiger partial charge in [-0.1, -0.05) is 0 Å². The summed E-state index contributed by atoms with van der Waals surface area (Å²) in [6, 6.07) is 7.59. The lowest BCUT2D eigenvalue weighted by Gasteiger charge is -2.07. The van der Waals surface area contributed by atoms with E-state index in [9.17, 15) is 0 Å². The molecule has 0 fully saturated rings. The van der Waals surface area contributed by atoms with E-state index in [2.05, 4.69) is 17.2 Å². The first kappa shape index (κ1) is 9.58. The van der Waals surface area contributed by atoms with Crippen LogP contribution in [0.1, 0.15) is 6.92 Å². The molecular formula is C11H14N4. The Labute approximate surface area is 88.7 Å². The molecule has 1 heterocycles. The highest BCUT2D eigenvalue weighted by atomic mass is 15.2. The standard InChI is InChI=1S/C11H14N4/c1-2-15-8-7-13-11(15)14-10-5-3-9(12)4-6-10/h3-8H,2,12H2,1H3,(H,13,14). The molecule has 15 heavy (non-hydrogen) atoms. The van der Waals surface area contributed by atoms with Crippen molar-refractivity contribution in [2.24, 2.45) is 0 Å².